The van der Waals surface area contributed by atoms with Crippen LogP contribution in [0, 0.1) is 0 Å². The molecule has 0 saturated heterocycles. The molecule has 0 aliphatic heterocycles. The summed E-state index contributed by atoms with van der Waals surface area (Å²) in [6.07, 6.45) is 4.32. The maximum Gasteiger partial charge on any atom is 0.325 e. The third kappa shape index (κ3) is 3.18. The van der Waals surface area contributed by atoms with Gasteiger partial charge in [0.25, 0.3) is 0 Å². The maximum absolute atomic E-state index is 11.5. The second-order valence-corrected chi connectivity index (χ2v) is 4.24. The van der Waals surface area contributed by atoms with E-state index in [-0.39, 0.29) is 12.1 Å². The van der Waals surface area contributed by atoms with Crippen molar-refractivity contribution in [1.82, 2.24) is 0 Å². The average molecular weight is 215 g/mol. The average Bonchev–Trinajstić information content (AvgIpc) is 2.25. The summed E-state index contributed by atoms with van der Waals surface area (Å²) in [4.78, 5) is 11.5. The van der Waals surface area contributed by atoms with E-state index in [9.17, 15) is 4.79 Å². The summed E-state index contributed by atoms with van der Waals surface area (Å²) in [5.41, 5.74) is 5.19. The predicted molar refractivity (Wildman–Crippen MR) is 57.4 cm³/mol. The van der Waals surface area contributed by atoms with Crippen LogP contribution in [0.25, 0.3) is 0 Å². The largest absolute Gasteiger partial charge is 0.468 e. The lowest BCUT2D eigenvalue weighted by Crippen LogP contribution is -2.53. The van der Waals surface area contributed by atoms with E-state index < -0.39 is 5.54 Å². The number of hydrogen-bond acceptors (Lipinski definition) is 4. The Labute approximate surface area is 91.1 Å². The van der Waals surface area contributed by atoms with Gasteiger partial charge >= 0.3 is 5.97 Å². The standard InChI is InChI=1S/C11H21NO3/c1-3-7-15-9-5-4-6-11(12,8-9)10(13)14-2/h9H,3-8,12H2,1-2H3. The van der Waals surface area contributed by atoms with Gasteiger partial charge in [-0.2, -0.15) is 0 Å². The zero-order valence-electron chi connectivity index (χ0n) is 9.62. The zero-order chi connectivity index (χ0) is 11.3. The first-order valence-corrected chi connectivity index (χ1v) is 5.61. The Morgan fingerprint density at radius 3 is 2.93 bits per heavy atom. The smallest absolute Gasteiger partial charge is 0.325 e. The molecule has 0 bridgehead atoms. The monoisotopic (exact) mass is 215 g/mol. The number of carbonyl (C=O) groups is 1. The molecular formula is C11H21NO3. The highest BCUT2D eigenvalue weighted by atomic mass is 16.5. The Morgan fingerprint density at radius 1 is 1.60 bits per heavy atom. The summed E-state index contributed by atoms with van der Waals surface area (Å²) < 4.78 is 10.4. The third-order valence-electron chi connectivity index (χ3n) is 2.89. The molecule has 0 heterocycles. The lowest BCUT2D eigenvalue weighted by Gasteiger charge is -2.35. The molecule has 0 aromatic heterocycles. The van der Waals surface area contributed by atoms with Crippen LogP contribution in [0.15, 0.2) is 0 Å². The molecule has 1 aliphatic rings. The lowest BCUT2D eigenvalue weighted by atomic mass is 9.81. The van der Waals surface area contributed by atoms with Crippen LogP contribution in [0.1, 0.15) is 39.0 Å². The van der Waals surface area contributed by atoms with E-state index in [4.69, 9.17) is 15.2 Å². The number of esters is 1. The first-order chi connectivity index (χ1) is 7.12. The molecule has 1 aliphatic carbocycles. The van der Waals surface area contributed by atoms with Crippen LogP contribution >= 0.6 is 0 Å². The van der Waals surface area contributed by atoms with Gasteiger partial charge in [-0.05, 0) is 25.7 Å². The molecule has 15 heavy (non-hydrogen) atoms. The van der Waals surface area contributed by atoms with E-state index in [1.807, 2.05) is 0 Å². The van der Waals surface area contributed by atoms with Crippen LogP contribution < -0.4 is 5.73 Å². The molecule has 0 amide bonds. The summed E-state index contributed by atoms with van der Waals surface area (Å²) in [6.45, 7) is 2.81. The molecule has 0 aromatic rings. The van der Waals surface area contributed by atoms with Gasteiger partial charge in [-0.3, -0.25) is 4.79 Å². The molecule has 1 rings (SSSR count). The fraction of sp³-hybridized carbons (Fsp3) is 0.909. The summed E-state index contributed by atoms with van der Waals surface area (Å²) in [6, 6.07) is 0. The van der Waals surface area contributed by atoms with Crippen molar-refractivity contribution in [2.75, 3.05) is 13.7 Å². The van der Waals surface area contributed by atoms with Gasteiger partial charge in [0.2, 0.25) is 0 Å². The number of hydrogen-bond donors (Lipinski definition) is 1. The first kappa shape index (κ1) is 12.5. The van der Waals surface area contributed by atoms with Crippen molar-refractivity contribution in [3.8, 4) is 0 Å². The van der Waals surface area contributed by atoms with Gasteiger partial charge in [-0.15, -0.1) is 0 Å². The van der Waals surface area contributed by atoms with E-state index in [1.54, 1.807) is 0 Å². The molecule has 1 saturated carbocycles. The van der Waals surface area contributed by atoms with Crippen molar-refractivity contribution in [3.63, 3.8) is 0 Å². The minimum absolute atomic E-state index is 0.114. The highest BCUT2D eigenvalue weighted by molar-refractivity contribution is 5.80. The second kappa shape index (κ2) is 5.47. The number of nitrogens with two attached hydrogens (primary N) is 1. The van der Waals surface area contributed by atoms with E-state index in [0.29, 0.717) is 12.8 Å². The first-order valence-electron chi connectivity index (χ1n) is 5.61. The molecule has 0 aromatic carbocycles. The Balaban J connectivity index is 2.50. The third-order valence-corrected chi connectivity index (χ3v) is 2.89. The van der Waals surface area contributed by atoms with E-state index in [0.717, 1.165) is 25.9 Å². The van der Waals surface area contributed by atoms with Gasteiger partial charge in [0, 0.05) is 13.0 Å². The van der Waals surface area contributed by atoms with Crippen molar-refractivity contribution in [2.24, 2.45) is 5.73 Å². The molecule has 2 atom stereocenters. The molecule has 88 valence electrons. The van der Waals surface area contributed by atoms with Crippen LogP contribution in [0.4, 0.5) is 0 Å². The fourth-order valence-electron chi connectivity index (χ4n) is 2.07. The van der Waals surface area contributed by atoms with Crippen LogP contribution in [-0.4, -0.2) is 31.3 Å². The van der Waals surface area contributed by atoms with Crippen molar-refractivity contribution in [2.45, 2.75) is 50.7 Å². The highest BCUT2D eigenvalue weighted by Crippen LogP contribution is 2.29. The molecule has 0 spiro atoms. The van der Waals surface area contributed by atoms with E-state index in [2.05, 4.69) is 6.92 Å². The summed E-state index contributed by atoms with van der Waals surface area (Å²) in [5.74, 6) is -0.313. The number of ether oxygens (including phenoxy) is 2. The molecule has 1 fully saturated rings. The molecule has 0 radical (unpaired) electrons. The minimum atomic E-state index is -0.828. The Morgan fingerprint density at radius 2 is 2.33 bits per heavy atom. The summed E-state index contributed by atoms with van der Waals surface area (Å²) in [7, 11) is 1.38. The second-order valence-electron chi connectivity index (χ2n) is 4.24. The zero-order valence-corrected chi connectivity index (χ0v) is 9.62. The quantitative estimate of drug-likeness (QED) is 0.716. The Bertz CT molecular complexity index is 220. The van der Waals surface area contributed by atoms with E-state index >= 15 is 0 Å². The predicted octanol–water partition coefficient (Wildman–Crippen LogP) is 1.23. The van der Waals surface area contributed by atoms with Crippen LogP contribution in [0.5, 0.6) is 0 Å². The highest BCUT2D eigenvalue weighted by Gasteiger charge is 2.40. The maximum atomic E-state index is 11.5. The normalized spacial score (nSPS) is 31.3. The van der Waals surface area contributed by atoms with E-state index in [1.165, 1.54) is 7.11 Å². The summed E-state index contributed by atoms with van der Waals surface area (Å²) >= 11 is 0. The number of methoxy groups -OCH3 is 1. The molecule has 2 N–H and O–H groups in total. The van der Waals surface area contributed by atoms with Gasteiger partial charge in [0.05, 0.1) is 13.2 Å². The van der Waals surface area contributed by atoms with Gasteiger partial charge in [-0.1, -0.05) is 6.92 Å². The number of rotatable bonds is 4. The fourth-order valence-corrected chi connectivity index (χ4v) is 2.07. The van der Waals surface area contributed by atoms with Crippen LogP contribution in [0.2, 0.25) is 0 Å². The molecular weight excluding hydrogens is 194 g/mol. The molecule has 4 heteroatoms. The Kier molecular flexibility index (Phi) is 4.54. The van der Waals surface area contributed by atoms with Gasteiger partial charge in [0.1, 0.15) is 5.54 Å². The van der Waals surface area contributed by atoms with Crippen LogP contribution in [-0.2, 0) is 14.3 Å². The summed E-state index contributed by atoms with van der Waals surface area (Å²) in [5, 5.41) is 0. The van der Waals surface area contributed by atoms with Gasteiger partial charge in [-0.25, -0.2) is 0 Å². The van der Waals surface area contributed by atoms with Crippen molar-refractivity contribution in [1.29, 1.82) is 0 Å². The number of carbonyl (C=O) groups excluding carboxylic acids is 1. The minimum Gasteiger partial charge on any atom is -0.468 e. The topological polar surface area (TPSA) is 61.5 Å². The van der Waals surface area contributed by atoms with Gasteiger partial charge < -0.3 is 15.2 Å². The van der Waals surface area contributed by atoms with Crippen molar-refractivity contribution >= 4 is 5.97 Å². The van der Waals surface area contributed by atoms with Crippen molar-refractivity contribution in [3.05, 3.63) is 0 Å². The van der Waals surface area contributed by atoms with Gasteiger partial charge in [0.15, 0.2) is 0 Å². The van der Waals surface area contributed by atoms with Crippen molar-refractivity contribution < 1.29 is 14.3 Å². The molecule has 4 nitrogen and oxygen atoms in total. The lowest BCUT2D eigenvalue weighted by molar-refractivity contribution is -0.150. The Hall–Kier alpha value is -0.610. The SMILES string of the molecule is CCCOC1CCCC(N)(C(=O)OC)C1. The molecule has 2 unspecified atom stereocenters. The van der Waals surface area contributed by atoms with Crippen LogP contribution in [0.3, 0.4) is 0 Å².